The first kappa shape index (κ1) is 20.1. The van der Waals surface area contributed by atoms with Crippen LogP contribution in [0.2, 0.25) is 0 Å². The van der Waals surface area contributed by atoms with Gasteiger partial charge in [-0.05, 0) is 48.1 Å². The van der Waals surface area contributed by atoms with Crippen molar-refractivity contribution < 1.29 is 23.1 Å². The molecule has 0 radical (unpaired) electrons. The third kappa shape index (κ3) is 5.68. The molecule has 0 amide bonds. The Hall–Kier alpha value is -2.18. The molecule has 0 fully saturated rings. The standard InChI is InChI=1S/C20H24O5S/c1-25-20(22)6-4-3-5-19(21)17-9-7-15(8-10-17)16-11-13-18(14-12-16)26(2,23)24/h7-14,19,21H,3-6H2,1-2H3/t19-/m1/s1. The second kappa shape index (κ2) is 8.96. The van der Waals surface area contributed by atoms with Gasteiger partial charge in [0.2, 0.25) is 0 Å². The van der Waals surface area contributed by atoms with Crippen molar-refractivity contribution in [2.24, 2.45) is 0 Å². The van der Waals surface area contributed by atoms with Gasteiger partial charge >= 0.3 is 5.97 Å². The summed E-state index contributed by atoms with van der Waals surface area (Å²) < 4.78 is 27.6. The highest BCUT2D eigenvalue weighted by molar-refractivity contribution is 7.90. The molecule has 26 heavy (non-hydrogen) atoms. The summed E-state index contributed by atoms with van der Waals surface area (Å²) in [6, 6.07) is 14.3. The van der Waals surface area contributed by atoms with Gasteiger partial charge in [0.05, 0.1) is 18.1 Å². The van der Waals surface area contributed by atoms with E-state index in [0.29, 0.717) is 24.2 Å². The molecule has 0 saturated heterocycles. The molecular formula is C20H24O5S. The third-order valence-corrected chi connectivity index (χ3v) is 5.38. The number of aliphatic hydroxyl groups is 1. The predicted molar refractivity (Wildman–Crippen MR) is 100 cm³/mol. The number of methoxy groups -OCH3 is 1. The lowest BCUT2D eigenvalue weighted by Crippen LogP contribution is -2.01. The lowest BCUT2D eigenvalue weighted by atomic mass is 9.99. The summed E-state index contributed by atoms with van der Waals surface area (Å²) in [4.78, 5) is 11.3. The third-order valence-electron chi connectivity index (χ3n) is 4.25. The van der Waals surface area contributed by atoms with Crippen LogP contribution >= 0.6 is 0 Å². The molecular weight excluding hydrogens is 352 g/mol. The second-order valence-corrected chi connectivity index (χ2v) is 8.27. The van der Waals surface area contributed by atoms with Crippen molar-refractivity contribution in [3.05, 3.63) is 54.1 Å². The fourth-order valence-corrected chi connectivity index (χ4v) is 3.30. The van der Waals surface area contributed by atoms with E-state index >= 15 is 0 Å². The highest BCUT2D eigenvalue weighted by atomic mass is 32.2. The first-order valence-corrected chi connectivity index (χ1v) is 10.4. The van der Waals surface area contributed by atoms with E-state index in [2.05, 4.69) is 4.74 Å². The van der Waals surface area contributed by atoms with E-state index in [1.54, 1.807) is 24.3 Å². The van der Waals surface area contributed by atoms with Crippen LogP contribution in [-0.2, 0) is 19.4 Å². The van der Waals surface area contributed by atoms with Gasteiger partial charge in [-0.15, -0.1) is 0 Å². The first-order chi connectivity index (χ1) is 12.3. The van der Waals surface area contributed by atoms with Crippen LogP contribution in [0.15, 0.2) is 53.4 Å². The van der Waals surface area contributed by atoms with Gasteiger partial charge in [0, 0.05) is 12.7 Å². The number of aliphatic hydroxyl groups excluding tert-OH is 1. The van der Waals surface area contributed by atoms with Crippen molar-refractivity contribution in [3.63, 3.8) is 0 Å². The van der Waals surface area contributed by atoms with E-state index in [0.717, 1.165) is 23.1 Å². The van der Waals surface area contributed by atoms with Gasteiger partial charge in [-0.1, -0.05) is 36.4 Å². The maximum atomic E-state index is 11.5. The maximum Gasteiger partial charge on any atom is 0.305 e. The number of unbranched alkanes of at least 4 members (excludes halogenated alkanes) is 1. The lowest BCUT2D eigenvalue weighted by Gasteiger charge is -2.12. The normalized spacial score (nSPS) is 12.6. The monoisotopic (exact) mass is 376 g/mol. The topological polar surface area (TPSA) is 80.7 Å². The van der Waals surface area contributed by atoms with E-state index in [-0.39, 0.29) is 5.97 Å². The van der Waals surface area contributed by atoms with Crippen molar-refractivity contribution in [1.82, 2.24) is 0 Å². The molecule has 1 atom stereocenters. The smallest absolute Gasteiger partial charge is 0.305 e. The van der Waals surface area contributed by atoms with Gasteiger partial charge in [-0.25, -0.2) is 8.42 Å². The summed E-state index contributed by atoms with van der Waals surface area (Å²) in [7, 11) is -1.83. The Bertz CT molecular complexity index is 824. The Morgan fingerprint density at radius 2 is 1.54 bits per heavy atom. The van der Waals surface area contributed by atoms with Crippen molar-refractivity contribution >= 4 is 15.8 Å². The Kier molecular flexibility index (Phi) is 6.94. The number of carbonyl (C=O) groups is 1. The number of ether oxygens (including phenoxy) is 1. The van der Waals surface area contributed by atoms with Gasteiger partial charge < -0.3 is 9.84 Å². The maximum absolute atomic E-state index is 11.5. The van der Waals surface area contributed by atoms with Crippen LogP contribution in [0.25, 0.3) is 11.1 Å². The van der Waals surface area contributed by atoms with Gasteiger partial charge in [0.15, 0.2) is 9.84 Å². The lowest BCUT2D eigenvalue weighted by molar-refractivity contribution is -0.140. The zero-order chi connectivity index (χ0) is 19.2. The molecule has 2 aromatic carbocycles. The van der Waals surface area contributed by atoms with Crippen molar-refractivity contribution in [1.29, 1.82) is 0 Å². The first-order valence-electron chi connectivity index (χ1n) is 8.46. The highest BCUT2D eigenvalue weighted by Crippen LogP contribution is 2.25. The van der Waals surface area contributed by atoms with Crippen LogP contribution in [-0.4, -0.2) is 32.9 Å². The summed E-state index contributed by atoms with van der Waals surface area (Å²) >= 11 is 0. The number of sulfone groups is 1. The summed E-state index contributed by atoms with van der Waals surface area (Å²) in [6.07, 6.45) is 2.99. The second-order valence-electron chi connectivity index (χ2n) is 6.26. The highest BCUT2D eigenvalue weighted by Gasteiger charge is 2.10. The Labute approximate surface area is 154 Å². The van der Waals surface area contributed by atoms with E-state index in [1.807, 2.05) is 24.3 Å². The average molecular weight is 376 g/mol. The molecule has 0 saturated carbocycles. The van der Waals surface area contributed by atoms with Crippen molar-refractivity contribution in [3.8, 4) is 11.1 Å². The fraction of sp³-hybridized carbons (Fsp3) is 0.350. The molecule has 5 nitrogen and oxygen atoms in total. The minimum absolute atomic E-state index is 0.231. The number of hydrogen-bond donors (Lipinski definition) is 1. The molecule has 0 aliphatic rings. The molecule has 2 aromatic rings. The summed E-state index contributed by atoms with van der Waals surface area (Å²) in [6.45, 7) is 0. The summed E-state index contributed by atoms with van der Waals surface area (Å²) in [5.74, 6) is -0.231. The fourth-order valence-electron chi connectivity index (χ4n) is 2.67. The molecule has 0 aliphatic heterocycles. The molecule has 6 heteroatoms. The van der Waals surface area contributed by atoms with Crippen LogP contribution in [0.5, 0.6) is 0 Å². The molecule has 0 heterocycles. The van der Waals surface area contributed by atoms with Gasteiger partial charge in [-0.2, -0.15) is 0 Å². The number of carbonyl (C=O) groups excluding carboxylic acids is 1. The number of esters is 1. The van der Waals surface area contributed by atoms with Crippen molar-refractivity contribution in [2.75, 3.05) is 13.4 Å². The van der Waals surface area contributed by atoms with Crippen LogP contribution in [0.3, 0.4) is 0 Å². The molecule has 0 bridgehead atoms. The molecule has 2 rings (SSSR count). The zero-order valence-electron chi connectivity index (χ0n) is 15.0. The minimum Gasteiger partial charge on any atom is -0.469 e. The van der Waals surface area contributed by atoms with Crippen LogP contribution in [0, 0.1) is 0 Å². The molecule has 0 aromatic heterocycles. The van der Waals surface area contributed by atoms with Gasteiger partial charge in [-0.3, -0.25) is 4.79 Å². The van der Waals surface area contributed by atoms with Crippen LogP contribution in [0.1, 0.15) is 37.4 Å². The van der Waals surface area contributed by atoms with Gasteiger partial charge in [0.25, 0.3) is 0 Å². The molecule has 1 N–H and O–H groups in total. The van der Waals surface area contributed by atoms with E-state index in [4.69, 9.17) is 0 Å². The SMILES string of the molecule is COC(=O)CCCC[C@@H](O)c1ccc(-c2ccc(S(C)(=O)=O)cc2)cc1. The molecule has 140 valence electrons. The largest absolute Gasteiger partial charge is 0.469 e. The Balaban J connectivity index is 1.96. The number of benzene rings is 2. The average Bonchev–Trinajstić information content (AvgIpc) is 2.64. The van der Waals surface area contributed by atoms with E-state index in [9.17, 15) is 18.3 Å². The number of hydrogen-bond acceptors (Lipinski definition) is 5. The van der Waals surface area contributed by atoms with Crippen molar-refractivity contribution in [2.45, 2.75) is 36.7 Å². The predicted octanol–water partition coefficient (Wildman–Crippen LogP) is 3.52. The zero-order valence-corrected chi connectivity index (χ0v) is 15.8. The summed E-state index contributed by atoms with van der Waals surface area (Å²) in [5.41, 5.74) is 2.68. The minimum atomic E-state index is -3.20. The molecule has 0 spiro atoms. The Morgan fingerprint density at radius 3 is 2.04 bits per heavy atom. The van der Waals surface area contributed by atoms with E-state index in [1.165, 1.54) is 13.4 Å². The van der Waals surface area contributed by atoms with Crippen LogP contribution in [0.4, 0.5) is 0 Å². The molecule has 0 aliphatic carbocycles. The van der Waals surface area contributed by atoms with Crippen LogP contribution < -0.4 is 0 Å². The van der Waals surface area contributed by atoms with E-state index < -0.39 is 15.9 Å². The molecule has 0 unspecified atom stereocenters. The number of rotatable bonds is 8. The quantitative estimate of drug-likeness (QED) is 0.563. The summed E-state index contributed by atoms with van der Waals surface area (Å²) in [5, 5.41) is 10.2. The van der Waals surface area contributed by atoms with Gasteiger partial charge in [0.1, 0.15) is 0 Å². The Morgan fingerprint density at radius 1 is 1.00 bits per heavy atom.